The molecule has 2 fully saturated rings. The van der Waals surface area contributed by atoms with Gasteiger partial charge >= 0.3 is 0 Å². The highest BCUT2D eigenvalue weighted by atomic mass is 19.1. The average molecular weight is 330 g/mol. The van der Waals surface area contributed by atoms with Gasteiger partial charge in [0, 0.05) is 25.2 Å². The standard InChI is InChI=1S/C19H23FN2O2/c1-14-5-6-18(24-14)11-22-8-7-19(13-22)10-17(12-23-19)21-16-4-2-3-15(20)9-16/h2-6,9,17,21H,7-8,10-13H2,1H3/t17-,19-/m1/s1. The summed E-state index contributed by atoms with van der Waals surface area (Å²) in [6, 6.07) is 10.9. The third kappa shape index (κ3) is 3.32. The van der Waals surface area contributed by atoms with Gasteiger partial charge in [0.05, 0.1) is 24.8 Å². The van der Waals surface area contributed by atoms with Crippen molar-refractivity contribution in [2.75, 3.05) is 25.0 Å². The van der Waals surface area contributed by atoms with Crippen molar-refractivity contribution in [1.29, 1.82) is 0 Å². The monoisotopic (exact) mass is 330 g/mol. The number of nitrogens with one attached hydrogen (secondary N) is 1. The van der Waals surface area contributed by atoms with Crippen molar-refractivity contribution in [3.05, 3.63) is 53.7 Å². The Hall–Kier alpha value is -1.85. The smallest absolute Gasteiger partial charge is 0.125 e. The van der Waals surface area contributed by atoms with Gasteiger partial charge in [-0.1, -0.05) is 6.07 Å². The van der Waals surface area contributed by atoms with E-state index in [1.165, 1.54) is 12.1 Å². The predicted molar refractivity (Wildman–Crippen MR) is 90.4 cm³/mol. The van der Waals surface area contributed by atoms with Crippen LogP contribution in [0.1, 0.15) is 24.4 Å². The van der Waals surface area contributed by atoms with Crippen LogP contribution in [0.25, 0.3) is 0 Å². The van der Waals surface area contributed by atoms with Crippen LogP contribution in [0.3, 0.4) is 0 Å². The number of furan rings is 1. The summed E-state index contributed by atoms with van der Waals surface area (Å²) < 4.78 is 25.1. The number of ether oxygens (including phenoxy) is 1. The molecule has 0 unspecified atom stereocenters. The van der Waals surface area contributed by atoms with Gasteiger partial charge in [-0.25, -0.2) is 4.39 Å². The number of benzene rings is 1. The molecule has 1 aromatic carbocycles. The largest absolute Gasteiger partial charge is 0.465 e. The fourth-order valence-electron chi connectivity index (χ4n) is 3.89. The summed E-state index contributed by atoms with van der Waals surface area (Å²) in [7, 11) is 0. The van der Waals surface area contributed by atoms with Crippen LogP contribution in [0.4, 0.5) is 10.1 Å². The van der Waals surface area contributed by atoms with E-state index in [0.29, 0.717) is 6.61 Å². The molecule has 1 aromatic heterocycles. The number of likely N-dealkylation sites (tertiary alicyclic amines) is 1. The topological polar surface area (TPSA) is 37.6 Å². The summed E-state index contributed by atoms with van der Waals surface area (Å²) in [4.78, 5) is 2.39. The van der Waals surface area contributed by atoms with E-state index >= 15 is 0 Å². The zero-order chi connectivity index (χ0) is 16.6. The maximum atomic E-state index is 13.3. The van der Waals surface area contributed by atoms with Gasteiger partial charge < -0.3 is 14.5 Å². The van der Waals surface area contributed by atoms with E-state index in [9.17, 15) is 4.39 Å². The van der Waals surface area contributed by atoms with Gasteiger partial charge in [-0.15, -0.1) is 0 Å². The normalized spacial score (nSPS) is 27.2. The number of hydrogen-bond donors (Lipinski definition) is 1. The lowest BCUT2D eigenvalue weighted by Crippen LogP contribution is -2.33. The lowest BCUT2D eigenvalue weighted by molar-refractivity contribution is 0.0115. The van der Waals surface area contributed by atoms with E-state index in [0.717, 1.165) is 49.7 Å². The predicted octanol–water partition coefficient (Wildman–Crippen LogP) is 3.57. The van der Waals surface area contributed by atoms with Crippen molar-refractivity contribution in [3.8, 4) is 0 Å². The van der Waals surface area contributed by atoms with Crippen molar-refractivity contribution in [2.24, 2.45) is 0 Å². The number of anilines is 1. The molecule has 2 atom stereocenters. The number of rotatable bonds is 4. The molecule has 0 aliphatic carbocycles. The number of aryl methyl sites for hydroxylation is 1. The van der Waals surface area contributed by atoms with Crippen LogP contribution in [-0.4, -0.2) is 36.2 Å². The van der Waals surface area contributed by atoms with Crippen LogP contribution in [0.2, 0.25) is 0 Å². The van der Waals surface area contributed by atoms with E-state index < -0.39 is 0 Å². The second kappa shape index (κ2) is 6.22. The molecule has 0 radical (unpaired) electrons. The molecule has 1 spiro atoms. The first-order valence-electron chi connectivity index (χ1n) is 8.54. The maximum absolute atomic E-state index is 13.3. The summed E-state index contributed by atoms with van der Waals surface area (Å²) >= 11 is 0. The Morgan fingerprint density at radius 1 is 1.33 bits per heavy atom. The van der Waals surface area contributed by atoms with Gasteiger partial charge in [0.25, 0.3) is 0 Å². The second-order valence-corrected chi connectivity index (χ2v) is 7.02. The molecule has 4 nitrogen and oxygen atoms in total. The summed E-state index contributed by atoms with van der Waals surface area (Å²) in [6.07, 6.45) is 1.99. The lowest BCUT2D eigenvalue weighted by Gasteiger charge is -2.23. The summed E-state index contributed by atoms with van der Waals surface area (Å²) in [6.45, 7) is 5.42. The van der Waals surface area contributed by atoms with Crippen molar-refractivity contribution < 1.29 is 13.5 Å². The molecule has 5 heteroatoms. The molecule has 2 saturated heterocycles. The molecule has 2 aliphatic rings. The molecule has 0 bridgehead atoms. The van der Waals surface area contributed by atoms with E-state index in [1.807, 2.05) is 25.1 Å². The van der Waals surface area contributed by atoms with Gasteiger partial charge in [0.15, 0.2) is 0 Å². The number of nitrogens with zero attached hydrogens (tertiary/aromatic N) is 1. The van der Waals surface area contributed by atoms with E-state index in [1.54, 1.807) is 6.07 Å². The summed E-state index contributed by atoms with van der Waals surface area (Å²) in [5.74, 6) is 1.75. The molecule has 128 valence electrons. The Morgan fingerprint density at radius 2 is 2.25 bits per heavy atom. The Balaban J connectivity index is 1.34. The van der Waals surface area contributed by atoms with Crippen molar-refractivity contribution in [1.82, 2.24) is 4.90 Å². The van der Waals surface area contributed by atoms with Crippen LogP contribution >= 0.6 is 0 Å². The second-order valence-electron chi connectivity index (χ2n) is 7.02. The van der Waals surface area contributed by atoms with Crippen LogP contribution in [0.5, 0.6) is 0 Å². The maximum Gasteiger partial charge on any atom is 0.125 e. The van der Waals surface area contributed by atoms with Crippen LogP contribution < -0.4 is 5.32 Å². The summed E-state index contributed by atoms with van der Waals surface area (Å²) in [5.41, 5.74) is 0.744. The Bertz CT molecular complexity index is 717. The van der Waals surface area contributed by atoms with Crippen molar-refractivity contribution in [3.63, 3.8) is 0 Å². The highest BCUT2D eigenvalue weighted by molar-refractivity contribution is 5.44. The SMILES string of the molecule is Cc1ccc(CN2CC[C@@]3(C[C@@H](Nc4cccc(F)c4)CO3)C2)o1. The van der Waals surface area contributed by atoms with Crippen LogP contribution in [-0.2, 0) is 11.3 Å². The van der Waals surface area contributed by atoms with Gasteiger partial charge in [0.2, 0.25) is 0 Å². The first-order valence-corrected chi connectivity index (χ1v) is 8.54. The van der Waals surface area contributed by atoms with Crippen molar-refractivity contribution >= 4 is 5.69 Å². The van der Waals surface area contributed by atoms with Gasteiger partial charge in [-0.2, -0.15) is 0 Å². The Labute approximate surface area is 141 Å². The quantitative estimate of drug-likeness (QED) is 0.930. The molecule has 4 rings (SSSR count). The first kappa shape index (κ1) is 15.7. The third-order valence-electron chi connectivity index (χ3n) is 4.98. The molecular weight excluding hydrogens is 307 g/mol. The zero-order valence-electron chi connectivity index (χ0n) is 13.9. The van der Waals surface area contributed by atoms with Crippen molar-refractivity contribution in [2.45, 2.75) is 38.0 Å². The van der Waals surface area contributed by atoms with E-state index in [4.69, 9.17) is 9.15 Å². The van der Waals surface area contributed by atoms with Gasteiger partial charge in [-0.3, -0.25) is 4.90 Å². The molecule has 2 aromatic rings. The number of hydrogen-bond acceptors (Lipinski definition) is 4. The van der Waals surface area contributed by atoms with Crippen LogP contribution in [0, 0.1) is 12.7 Å². The fourth-order valence-corrected chi connectivity index (χ4v) is 3.89. The Kier molecular flexibility index (Phi) is 4.06. The minimum atomic E-state index is -0.214. The fraction of sp³-hybridized carbons (Fsp3) is 0.474. The molecule has 2 aliphatic heterocycles. The molecule has 24 heavy (non-hydrogen) atoms. The number of halogens is 1. The highest BCUT2D eigenvalue weighted by Gasteiger charge is 2.45. The van der Waals surface area contributed by atoms with Gasteiger partial charge in [0.1, 0.15) is 17.3 Å². The third-order valence-corrected chi connectivity index (χ3v) is 4.98. The minimum Gasteiger partial charge on any atom is -0.465 e. The molecular formula is C19H23FN2O2. The zero-order valence-corrected chi connectivity index (χ0v) is 13.9. The Morgan fingerprint density at radius 3 is 3.04 bits per heavy atom. The molecule has 3 heterocycles. The van der Waals surface area contributed by atoms with Gasteiger partial charge in [-0.05, 0) is 43.7 Å². The van der Waals surface area contributed by atoms with Crippen LogP contribution in [0.15, 0.2) is 40.8 Å². The lowest BCUT2D eigenvalue weighted by atomic mass is 9.97. The highest BCUT2D eigenvalue weighted by Crippen LogP contribution is 2.36. The van der Waals surface area contributed by atoms with E-state index in [2.05, 4.69) is 10.2 Å². The average Bonchev–Trinajstić information content (AvgIpc) is 3.23. The first-order chi connectivity index (χ1) is 11.6. The van der Waals surface area contributed by atoms with E-state index in [-0.39, 0.29) is 17.5 Å². The molecule has 1 N–H and O–H groups in total. The minimum absolute atomic E-state index is 0.0768. The summed E-state index contributed by atoms with van der Waals surface area (Å²) in [5, 5.41) is 3.40. The molecule has 0 amide bonds. The molecule has 0 saturated carbocycles.